The number of hydrogen-bond donors (Lipinski definition) is 2. The molecule has 4 nitrogen and oxygen atoms in total. The maximum absolute atomic E-state index is 12.7. The molecule has 0 aromatic heterocycles. The van der Waals surface area contributed by atoms with Crippen molar-refractivity contribution < 1.29 is 9.59 Å². The summed E-state index contributed by atoms with van der Waals surface area (Å²) in [5, 5.41) is 6.50. The van der Waals surface area contributed by atoms with Crippen LogP contribution in [0.1, 0.15) is 43.1 Å². The number of rotatable bonds is 8. The van der Waals surface area contributed by atoms with E-state index in [1.165, 1.54) is 11.6 Å². The number of aryl methyl sites for hydroxylation is 1. The third kappa shape index (κ3) is 6.54. The van der Waals surface area contributed by atoms with Gasteiger partial charge < -0.3 is 10.6 Å². The molecule has 2 aromatic rings. The Morgan fingerprint density at radius 1 is 0.964 bits per heavy atom. The van der Waals surface area contributed by atoms with Crippen LogP contribution in [0.5, 0.6) is 0 Å². The van der Waals surface area contributed by atoms with Gasteiger partial charge in [-0.15, -0.1) is 0 Å². The lowest BCUT2D eigenvalue weighted by molar-refractivity contribution is -0.124. The van der Waals surface area contributed by atoms with Crippen molar-refractivity contribution >= 4 is 35.0 Å². The smallest absolute Gasteiger partial charge is 0.253 e. The SMILES string of the molecule is CC(CCc1ccccc1)NC(=O)C(NC(=O)c1ccc(Cl)cc1Cl)C(C)C. The second-order valence-electron chi connectivity index (χ2n) is 7.25. The van der Waals surface area contributed by atoms with Gasteiger partial charge in [-0.25, -0.2) is 0 Å². The third-order valence-corrected chi connectivity index (χ3v) is 5.06. The highest BCUT2D eigenvalue weighted by Crippen LogP contribution is 2.21. The van der Waals surface area contributed by atoms with Crippen molar-refractivity contribution in [2.75, 3.05) is 0 Å². The zero-order valence-corrected chi connectivity index (χ0v) is 17.8. The van der Waals surface area contributed by atoms with Gasteiger partial charge in [0.2, 0.25) is 5.91 Å². The number of carbonyl (C=O) groups excluding carboxylic acids is 2. The van der Waals surface area contributed by atoms with Crippen LogP contribution in [0.25, 0.3) is 0 Å². The largest absolute Gasteiger partial charge is 0.352 e. The lowest BCUT2D eigenvalue weighted by atomic mass is 10.0. The quantitative estimate of drug-likeness (QED) is 0.638. The van der Waals surface area contributed by atoms with Gasteiger partial charge in [-0.2, -0.15) is 0 Å². The molecule has 2 unspecified atom stereocenters. The van der Waals surface area contributed by atoms with Crippen LogP contribution in [0, 0.1) is 5.92 Å². The van der Waals surface area contributed by atoms with Gasteiger partial charge in [0, 0.05) is 11.1 Å². The van der Waals surface area contributed by atoms with Crippen molar-refractivity contribution in [3.05, 3.63) is 69.7 Å². The Hall–Kier alpha value is -2.04. The molecule has 6 heteroatoms. The number of hydrogen-bond acceptors (Lipinski definition) is 2. The van der Waals surface area contributed by atoms with Crippen molar-refractivity contribution in [2.24, 2.45) is 5.92 Å². The van der Waals surface area contributed by atoms with Gasteiger partial charge in [0.25, 0.3) is 5.91 Å². The summed E-state index contributed by atoms with van der Waals surface area (Å²) in [6, 6.07) is 14.1. The summed E-state index contributed by atoms with van der Waals surface area (Å²) in [5.41, 5.74) is 1.52. The maximum atomic E-state index is 12.7. The molecule has 2 aromatic carbocycles. The lowest BCUT2D eigenvalue weighted by Gasteiger charge is -2.24. The van der Waals surface area contributed by atoms with Crippen molar-refractivity contribution in [3.63, 3.8) is 0 Å². The summed E-state index contributed by atoms with van der Waals surface area (Å²) in [7, 11) is 0. The molecule has 28 heavy (non-hydrogen) atoms. The summed E-state index contributed by atoms with van der Waals surface area (Å²) in [6.45, 7) is 5.75. The van der Waals surface area contributed by atoms with Crippen molar-refractivity contribution in [1.82, 2.24) is 10.6 Å². The van der Waals surface area contributed by atoms with Crippen LogP contribution < -0.4 is 10.6 Å². The first kappa shape index (κ1) is 22.3. The van der Waals surface area contributed by atoms with E-state index in [9.17, 15) is 9.59 Å². The van der Waals surface area contributed by atoms with E-state index in [-0.39, 0.29) is 22.9 Å². The standard InChI is InChI=1S/C22H26Cl2N2O2/c1-14(2)20(26-21(27)18-12-11-17(23)13-19(18)24)22(28)25-15(3)9-10-16-7-5-4-6-8-16/h4-8,11-15,20H,9-10H2,1-3H3,(H,25,28)(H,26,27). The minimum absolute atomic E-state index is 0.00928. The normalized spacial score (nSPS) is 13.1. The molecule has 0 radical (unpaired) electrons. The third-order valence-electron chi connectivity index (χ3n) is 4.51. The highest BCUT2D eigenvalue weighted by atomic mass is 35.5. The van der Waals surface area contributed by atoms with Crippen LogP contribution >= 0.6 is 23.2 Å². The Kier molecular flexibility index (Phi) is 8.34. The molecule has 150 valence electrons. The van der Waals surface area contributed by atoms with Crippen LogP contribution in [-0.4, -0.2) is 23.9 Å². The van der Waals surface area contributed by atoms with Gasteiger partial charge in [0.1, 0.15) is 6.04 Å². The van der Waals surface area contributed by atoms with E-state index in [1.54, 1.807) is 12.1 Å². The molecule has 0 spiro atoms. The van der Waals surface area contributed by atoms with Crippen LogP contribution in [0.2, 0.25) is 10.0 Å². The van der Waals surface area contributed by atoms with Gasteiger partial charge >= 0.3 is 0 Å². The van der Waals surface area contributed by atoms with Gasteiger partial charge in [-0.05, 0) is 49.4 Å². The molecule has 2 N–H and O–H groups in total. The van der Waals surface area contributed by atoms with Crippen molar-refractivity contribution in [3.8, 4) is 0 Å². The van der Waals surface area contributed by atoms with E-state index in [0.29, 0.717) is 10.6 Å². The van der Waals surface area contributed by atoms with Gasteiger partial charge in [0.15, 0.2) is 0 Å². The van der Waals surface area contributed by atoms with Crippen LogP contribution in [0.3, 0.4) is 0 Å². The van der Waals surface area contributed by atoms with Crippen molar-refractivity contribution in [1.29, 1.82) is 0 Å². The zero-order chi connectivity index (χ0) is 20.7. The Morgan fingerprint density at radius 2 is 1.64 bits per heavy atom. The molecular weight excluding hydrogens is 395 g/mol. The van der Waals surface area contributed by atoms with Crippen molar-refractivity contribution in [2.45, 2.75) is 45.7 Å². The average Bonchev–Trinajstić information content (AvgIpc) is 2.64. The van der Waals surface area contributed by atoms with E-state index >= 15 is 0 Å². The second kappa shape index (κ2) is 10.5. The molecule has 2 rings (SSSR count). The van der Waals surface area contributed by atoms with E-state index in [4.69, 9.17) is 23.2 Å². The number of benzene rings is 2. The molecule has 2 atom stereocenters. The minimum Gasteiger partial charge on any atom is -0.352 e. The topological polar surface area (TPSA) is 58.2 Å². The molecule has 0 aliphatic rings. The molecular formula is C22H26Cl2N2O2. The second-order valence-corrected chi connectivity index (χ2v) is 8.10. The summed E-state index contributed by atoms with van der Waals surface area (Å²) in [5.74, 6) is -0.669. The Labute approximate surface area is 176 Å². The van der Waals surface area contributed by atoms with Crippen LogP contribution in [-0.2, 0) is 11.2 Å². The van der Waals surface area contributed by atoms with Gasteiger partial charge in [-0.3, -0.25) is 9.59 Å². The molecule has 0 fully saturated rings. The van der Waals surface area contributed by atoms with Gasteiger partial charge in [-0.1, -0.05) is 67.4 Å². The fraction of sp³-hybridized carbons (Fsp3) is 0.364. The minimum atomic E-state index is -0.654. The maximum Gasteiger partial charge on any atom is 0.253 e. The molecule has 0 aliphatic heterocycles. The van der Waals surface area contributed by atoms with E-state index in [2.05, 4.69) is 22.8 Å². The summed E-state index contributed by atoms with van der Waals surface area (Å²) >= 11 is 12.0. The first-order valence-corrected chi connectivity index (χ1v) is 10.1. The van der Waals surface area contributed by atoms with E-state index in [0.717, 1.165) is 12.8 Å². The molecule has 0 bridgehead atoms. The Morgan fingerprint density at radius 3 is 2.25 bits per heavy atom. The first-order valence-electron chi connectivity index (χ1n) is 9.38. The summed E-state index contributed by atoms with van der Waals surface area (Å²) < 4.78 is 0. The highest BCUT2D eigenvalue weighted by Gasteiger charge is 2.26. The number of nitrogens with one attached hydrogen (secondary N) is 2. The molecule has 0 saturated heterocycles. The molecule has 0 aliphatic carbocycles. The van der Waals surface area contributed by atoms with E-state index < -0.39 is 11.9 Å². The van der Waals surface area contributed by atoms with Crippen LogP contribution in [0.15, 0.2) is 48.5 Å². The molecule has 2 amide bonds. The van der Waals surface area contributed by atoms with Gasteiger partial charge in [0.05, 0.1) is 10.6 Å². The zero-order valence-electron chi connectivity index (χ0n) is 16.3. The fourth-order valence-electron chi connectivity index (χ4n) is 2.86. The number of halogens is 2. The first-order chi connectivity index (χ1) is 13.3. The monoisotopic (exact) mass is 420 g/mol. The number of amides is 2. The fourth-order valence-corrected chi connectivity index (χ4v) is 3.35. The Bertz CT molecular complexity index is 809. The summed E-state index contributed by atoms with van der Waals surface area (Å²) in [6.07, 6.45) is 1.69. The van der Waals surface area contributed by atoms with E-state index in [1.807, 2.05) is 39.0 Å². The summed E-state index contributed by atoms with van der Waals surface area (Å²) in [4.78, 5) is 25.3. The highest BCUT2D eigenvalue weighted by molar-refractivity contribution is 6.36. The van der Waals surface area contributed by atoms with Crippen LogP contribution in [0.4, 0.5) is 0 Å². The molecule has 0 saturated carbocycles. The predicted molar refractivity (Wildman–Crippen MR) is 115 cm³/mol. The predicted octanol–water partition coefficient (Wildman–Crippen LogP) is 4.89. The number of carbonyl (C=O) groups is 2. The molecule has 0 heterocycles. The lowest BCUT2D eigenvalue weighted by Crippen LogP contribution is -2.51. The Balaban J connectivity index is 1.96. The average molecular weight is 421 g/mol.